The molecule has 0 saturated heterocycles. The Morgan fingerprint density at radius 1 is 0.577 bits per heavy atom. The summed E-state index contributed by atoms with van der Waals surface area (Å²) < 4.78 is 51.0. The van der Waals surface area contributed by atoms with E-state index in [1.165, 1.54) is 24.3 Å². The quantitative estimate of drug-likeness (QED) is 0.554. The second kappa shape index (κ2) is 7.39. The van der Waals surface area contributed by atoms with Crippen LogP contribution >= 0.6 is 0 Å². The molecule has 0 radical (unpaired) electrons. The van der Waals surface area contributed by atoms with Gasteiger partial charge in [0.25, 0.3) is 0 Å². The molecule has 3 aromatic rings. The molecular formula is C20H15F3O3. The van der Waals surface area contributed by atoms with Crippen molar-refractivity contribution in [2.75, 3.05) is 7.11 Å². The monoisotopic (exact) mass is 360 g/mol. The van der Waals surface area contributed by atoms with E-state index >= 15 is 0 Å². The van der Waals surface area contributed by atoms with E-state index < -0.39 is 6.36 Å². The first-order valence-electron chi connectivity index (χ1n) is 7.71. The van der Waals surface area contributed by atoms with Crippen LogP contribution in [0.2, 0.25) is 0 Å². The third-order valence-electron chi connectivity index (χ3n) is 3.57. The van der Waals surface area contributed by atoms with Gasteiger partial charge in [0.05, 0.1) is 7.11 Å². The summed E-state index contributed by atoms with van der Waals surface area (Å²) in [6.45, 7) is 0. The first-order valence-corrected chi connectivity index (χ1v) is 7.71. The second-order valence-electron chi connectivity index (χ2n) is 5.37. The van der Waals surface area contributed by atoms with E-state index in [2.05, 4.69) is 4.74 Å². The Hall–Kier alpha value is -3.15. The Kier molecular flexibility index (Phi) is 5.02. The molecule has 0 amide bonds. The summed E-state index contributed by atoms with van der Waals surface area (Å²) >= 11 is 0. The van der Waals surface area contributed by atoms with Crippen molar-refractivity contribution in [3.8, 4) is 34.1 Å². The highest BCUT2D eigenvalue weighted by Gasteiger charge is 2.30. The molecule has 0 bridgehead atoms. The summed E-state index contributed by atoms with van der Waals surface area (Å²) in [5.74, 6) is 1.48. The maximum absolute atomic E-state index is 12.1. The van der Waals surface area contributed by atoms with Crippen LogP contribution in [0.1, 0.15) is 0 Å². The summed E-state index contributed by atoms with van der Waals surface area (Å²) in [6, 6.07) is 20.3. The van der Waals surface area contributed by atoms with Gasteiger partial charge in [-0.3, -0.25) is 0 Å². The minimum atomic E-state index is -4.71. The fraction of sp³-hybridized carbons (Fsp3) is 0.100. The van der Waals surface area contributed by atoms with E-state index in [4.69, 9.17) is 9.47 Å². The Morgan fingerprint density at radius 2 is 0.962 bits per heavy atom. The van der Waals surface area contributed by atoms with Gasteiger partial charge in [-0.1, -0.05) is 24.3 Å². The van der Waals surface area contributed by atoms with Crippen molar-refractivity contribution >= 4 is 0 Å². The molecule has 134 valence electrons. The molecule has 0 atom stereocenters. The Labute approximate surface area is 148 Å². The van der Waals surface area contributed by atoms with Crippen LogP contribution in [0.15, 0.2) is 72.8 Å². The third-order valence-corrected chi connectivity index (χ3v) is 3.57. The lowest BCUT2D eigenvalue weighted by atomic mass is 10.1. The fourth-order valence-electron chi connectivity index (χ4n) is 2.34. The number of methoxy groups -OCH3 is 1. The maximum Gasteiger partial charge on any atom is 0.573 e. The first kappa shape index (κ1) is 17.7. The van der Waals surface area contributed by atoms with Crippen molar-refractivity contribution in [2.24, 2.45) is 0 Å². The third kappa shape index (κ3) is 4.69. The molecular weight excluding hydrogens is 345 g/mol. The van der Waals surface area contributed by atoms with E-state index in [-0.39, 0.29) is 5.75 Å². The average Bonchev–Trinajstić information content (AvgIpc) is 2.63. The van der Waals surface area contributed by atoms with Crippen LogP contribution in [0.25, 0.3) is 11.1 Å². The lowest BCUT2D eigenvalue weighted by Crippen LogP contribution is -2.16. The van der Waals surface area contributed by atoms with E-state index in [1.54, 1.807) is 19.2 Å². The summed E-state index contributed by atoms with van der Waals surface area (Å²) in [4.78, 5) is 0. The highest BCUT2D eigenvalue weighted by Crippen LogP contribution is 2.29. The lowest BCUT2D eigenvalue weighted by Gasteiger charge is -2.10. The Balaban J connectivity index is 1.67. The summed E-state index contributed by atoms with van der Waals surface area (Å²) in [6.07, 6.45) is -4.71. The molecule has 0 spiro atoms. The van der Waals surface area contributed by atoms with Crippen molar-refractivity contribution < 1.29 is 27.4 Å². The standard InChI is InChI=1S/C20H15F3O3/c1-24-16-6-2-14(3-7-16)15-4-8-17(9-5-15)25-18-10-12-19(13-11-18)26-20(21,22)23/h2-13H,1H3. The number of halogens is 3. The molecule has 0 N–H and O–H groups in total. The van der Waals surface area contributed by atoms with Crippen LogP contribution in [0.3, 0.4) is 0 Å². The molecule has 0 aliphatic heterocycles. The zero-order valence-corrected chi connectivity index (χ0v) is 13.8. The predicted octanol–water partition coefficient (Wildman–Crippen LogP) is 6.05. The molecule has 26 heavy (non-hydrogen) atoms. The SMILES string of the molecule is COc1ccc(-c2ccc(Oc3ccc(OC(F)(F)F)cc3)cc2)cc1. The van der Waals surface area contributed by atoms with Crippen molar-refractivity contribution in [3.05, 3.63) is 72.8 Å². The number of hydrogen-bond acceptors (Lipinski definition) is 3. The Morgan fingerprint density at radius 3 is 1.38 bits per heavy atom. The van der Waals surface area contributed by atoms with Crippen LogP contribution in [0.4, 0.5) is 13.2 Å². The zero-order valence-electron chi connectivity index (χ0n) is 13.8. The minimum Gasteiger partial charge on any atom is -0.497 e. The molecule has 0 aliphatic rings. The number of alkyl halides is 3. The number of hydrogen-bond donors (Lipinski definition) is 0. The maximum atomic E-state index is 12.1. The highest BCUT2D eigenvalue weighted by molar-refractivity contribution is 5.65. The van der Waals surface area contributed by atoms with E-state index in [9.17, 15) is 13.2 Å². The largest absolute Gasteiger partial charge is 0.573 e. The van der Waals surface area contributed by atoms with Gasteiger partial charge in [0, 0.05) is 0 Å². The van der Waals surface area contributed by atoms with E-state index in [0.29, 0.717) is 11.5 Å². The van der Waals surface area contributed by atoms with Crippen molar-refractivity contribution in [1.82, 2.24) is 0 Å². The smallest absolute Gasteiger partial charge is 0.497 e. The predicted molar refractivity (Wildman–Crippen MR) is 91.6 cm³/mol. The molecule has 0 saturated carbocycles. The van der Waals surface area contributed by atoms with Crippen molar-refractivity contribution in [2.45, 2.75) is 6.36 Å². The van der Waals surface area contributed by atoms with Crippen molar-refractivity contribution in [1.29, 1.82) is 0 Å². The van der Waals surface area contributed by atoms with Crippen LogP contribution < -0.4 is 14.2 Å². The number of ether oxygens (including phenoxy) is 3. The zero-order chi connectivity index (χ0) is 18.6. The summed E-state index contributed by atoms with van der Waals surface area (Å²) in [5, 5.41) is 0. The average molecular weight is 360 g/mol. The number of rotatable bonds is 5. The topological polar surface area (TPSA) is 27.7 Å². The minimum absolute atomic E-state index is 0.292. The molecule has 0 heterocycles. The van der Waals surface area contributed by atoms with E-state index in [1.807, 2.05) is 36.4 Å². The highest BCUT2D eigenvalue weighted by atomic mass is 19.4. The molecule has 0 unspecified atom stereocenters. The Bertz CT molecular complexity index is 839. The first-order chi connectivity index (χ1) is 12.4. The second-order valence-corrected chi connectivity index (χ2v) is 5.37. The van der Waals surface area contributed by atoms with Crippen LogP contribution in [-0.2, 0) is 0 Å². The molecule has 0 aliphatic carbocycles. The number of benzene rings is 3. The molecule has 3 nitrogen and oxygen atoms in total. The molecule has 3 rings (SSSR count). The van der Waals surface area contributed by atoms with Gasteiger partial charge in [-0.15, -0.1) is 13.2 Å². The van der Waals surface area contributed by atoms with Gasteiger partial charge < -0.3 is 14.2 Å². The van der Waals surface area contributed by atoms with Gasteiger partial charge in [-0.25, -0.2) is 0 Å². The van der Waals surface area contributed by atoms with Crippen molar-refractivity contribution in [3.63, 3.8) is 0 Å². The van der Waals surface area contributed by atoms with Gasteiger partial charge in [0.15, 0.2) is 0 Å². The van der Waals surface area contributed by atoms with Crippen LogP contribution in [0, 0.1) is 0 Å². The normalized spacial score (nSPS) is 11.1. The van der Waals surface area contributed by atoms with Gasteiger partial charge in [0.1, 0.15) is 23.0 Å². The molecule has 0 fully saturated rings. The van der Waals surface area contributed by atoms with Gasteiger partial charge in [-0.05, 0) is 59.7 Å². The molecule has 0 aromatic heterocycles. The molecule has 3 aromatic carbocycles. The van der Waals surface area contributed by atoms with Gasteiger partial charge in [0.2, 0.25) is 0 Å². The van der Waals surface area contributed by atoms with Crippen LogP contribution in [0.5, 0.6) is 23.0 Å². The summed E-state index contributed by atoms with van der Waals surface area (Å²) in [5.41, 5.74) is 2.04. The fourth-order valence-corrected chi connectivity index (χ4v) is 2.34. The summed E-state index contributed by atoms with van der Waals surface area (Å²) in [7, 11) is 1.61. The van der Waals surface area contributed by atoms with E-state index in [0.717, 1.165) is 16.9 Å². The lowest BCUT2D eigenvalue weighted by molar-refractivity contribution is -0.274. The molecule has 6 heteroatoms. The van der Waals surface area contributed by atoms with Gasteiger partial charge >= 0.3 is 6.36 Å². The van der Waals surface area contributed by atoms with Crippen LogP contribution in [-0.4, -0.2) is 13.5 Å². The van der Waals surface area contributed by atoms with Gasteiger partial charge in [-0.2, -0.15) is 0 Å².